The van der Waals surface area contributed by atoms with Gasteiger partial charge in [0.1, 0.15) is 0 Å². The van der Waals surface area contributed by atoms with Gasteiger partial charge in [0.25, 0.3) is 0 Å². The van der Waals surface area contributed by atoms with E-state index in [1.54, 1.807) is 0 Å². The second kappa shape index (κ2) is 31.8. The second-order valence-corrected chi connectivity index (χ2v) is 29.5. The third kappa shape index (κ3) is 14.5. The zero-order chi connectivity index (χ0) is 75.9. The number of rotatable bonds is 15. The maximum Gasteiger partial charge on any atom is 0.0462 e. The lowest BCUT2D eigenvalue weighted by Crippen LogP contribution is -2.09. The van der Waals surface area contributed by atoms with Crippen LogP contribution in [-0.2, 0) is 19.3 Å². The number of para-hydroxylation sites is 4. The molecular formula is C111H81N3. The van der Waals surface area contributed by atoms with Crippen LogP contribution in [0.2, 0.25) is 0 Å². The summed E-state index contributed by atoms with van der Waals surface area (Å²) in [6, 6.07) is 164. The van der Waals surface area contributed by atoms with Crippen molar-refractivity contribution in [3.8, 4) is 100 Å². The molecule has 3 aliphatic rings. The molecule has 0 heterocycles. The van der Waals surface area contributed by atoms with Gasteiger partial charge in [-0.15, -0.1) is 0 Å². The quantitative estimate of drug-likeness (QED) is 0.101. The van der Waals surface area contributed by atoms with Crippen molar-refractivity contribution >= 4 is 51.2 Å². The minimum absolute atomic E-state index is 1.02. The molecule has 0 N–H and O–H groups in total. The minimum Gasteiger partial charge on any atom is -0.311 e. The van der Waals surface area contributed by atoms with Crippen molar-refractivity contribution in [3.05, 3.63) is 488 Å². The molecule has 0 saturated carbocycles. The third-order valence-corrected chi connectivity index (χ3v) is 22.5. The zero-order valence-electron chi connectivity index (χ0n) is 63.3. The molecule has 18 aromatic rings. The van der Waals surface area contributed by atoms with Crippen molar-refractivity contribution in [1.29, 1.82) is 0 Å². The van der Waals surface area contributed by atoms with Gasteiger partial charge >= 0.3 is 0 Å². The van der Waals surface area contributed by atoms with Crippen LogP contribution < -0.4 is 14.7 Å². The van der Waals surface area contributed by atoms with Crippen LogP contribution in [-0.4, -0.2) is 0 Å². The van der Waals surface area contributed by atoms with Gasteiger partial charge in [-0.05, 0) is 280 Å². The fraction of sp³-hybridized carbons (Fsp3) is 0.0270. The van der Waals surface area contributed by atoms with E-state index in [2.05, 4.69) is 470 Å². The Bertz CT molecular complexity index is 6310. The molecule has 540 valence electrons. The van der Waals surface area contributed by atoms with Crippen molar-refractivity contribution in [2.24, 2.45) is 0 Å². The molecule has 0 amide bonds. The summed E-state index contributed by atoms with van der Waals surface area (Å²) < 4.78 is 0. The van der Waals surface area contributed by atoms with E-state index in [4.69, 9.17) is 0 Å². The number of anilines is 9. The first-order valence-corrected chi connectivity index (χ1v) is 39.5. The molecule has 21 rings (SSSR count). The lowest BCUT2D eigenvalue weighted by molar-refractivity contribution is 1.26. The Morgan fingerprint density at radius 3 is 0.509 bits per heavy atom. The summed E-state index contributed by atoms with van der Waals surface area (Å²) >= 11 is 0. The maximum absolute atomic E-state index is 2.36. The number of benzene rings is 18. The van der Waals surface area contributed by atoms with E-state index in [0.29, 0.717) is 0 Å². The highest BCUT2D eigenvalue weighted by atomic mass is 15.2. The first-order chi connectivity index (χ1) is 56.5. The van der Waals surface area contributed by atoms with E-state index in [-0.39, 0.29) is 0 Å². The Kier molecular flexibility index (Phi) is 19.4. The highest BCUT2D eigenvalue weighted by Crippen LogP contribution is 2.46. The van der Waals surface area contributed by atoms with Crippen LogP contribution in [0, 0.1) is 0 Å². The molecule has 3 heteroatoms. The molecular weight excluding hydrogens is 1380 g/mol. The normalized spacial score (nSPS) is 11.6. The summed E-state index contributed by atoms with van der Waals surface area (Å²) in [5.41, 5.74) is 41.8. The fourth-order valence-electron chi connectivity index (χ4n) is 16.7. The molecule has 0 spiro atoms. The molecule has 0 bridgehead atoms. The van der Waals surface area contributed by atoms with Crippen LogP contribution in [0.3, 0.4) is 0 Å². The average molecular weight is 1460 g/mol. The molecule has 0 unspecified atom stereocenters. The predicted octanol–water partition coefficient (Wildman–Crippen LogP) is 30.2. The average Bonchev–Trinajstić information content (AvgIpc) is 1.58. The third-order valence-electron chi connectivity index (χ3n) is 22.5. The summed E-state index contributed by atoms with van der Waals surface area (Å²) in [5.74, 6) is 0. The molecule has 114 heavy (non-hydrogen) atoms. The molecule has 0 radical (unpaired) electrons. The van der Waals surface area contributed by atoms with E-state index in [0.717, 1.165) is 70.4 Å². The molecule has 0 saturated heterocycles. The van der Waals surface area contributed by atoms with Gasteiger partial charge < -0.3 is 14.7 Å². The minimum atomic E-state index is 1.02. The summed E-state index contributed by atoms with van der Waals surface area (Å²) in [6.45, 7) is 0. The van der Waals surface area contributed by atoms with Crippen molar-refractivity contribution in [1.82, 2.24) is 0 Å². The lowest BCUT2D eigenvalue weighted by atomic mass is 9.98. The Hall–Kier alpha value is -14.6. The molecule has 0 aliphatic heterocycles. The highest BCUT2D eigenvalue weighted by molar-refractivity contribution is 5.88. The Morgan fingerprint density at radius 1 is 0.114 bits per heavy atom. The lowest BCUT2D eigenvalue weighted by Gasteiger charge is -2.26. The largest absolute Gasteiger partial charge is 0.311 e. The van der Waals surface area contributed by atoms with Crippen LogP contribution >= 0.6 is 0 Å². The second-order valence-electron chi connectivity index (χ2n) is 29.5. The Labute approximate surface area is 669 Å². The van der Waals surface area contributed by atoms with Crippen molar-refractivity contribution in [2.45, 2.75) is 19.3 Å². The van der Waals surface area contributed by atoms with Crippen LogP contribution in [0.25, 0.3) is 100 Å². The van der Waals surface area contributed by atoms with Gasteiger partial charge in [0.15, 0.2) is 0 Å². The number of hydrogen-bond donors (Lipinski definition) is 0. The van der Waals surface area contributed by atoms with Gasteiger partial charge in [-0.25, -0.2) is 0 Å². The first kappa shape index (κ1) is 69.8. The molecule has 0 atom stereocenters. The standard InChI is InChI=1S/C43H31N.C37H27N.C31H23N/c1-3-9-31(10-4-1)32-15-17-33(18-16-32)34-21-25-40(26-22-34)44(39-12-5-2-6-13-39)41-27-23-35(24-28-41)36-19-20-38-29-37-11-7-8-14-42(37)43(38)30-36;1-3-9-27(10-4-1)28-17-21-34(22-18-28)38(33-12-5-2-6-13-33)35-23-19-29(20-24-35)30-15-16-32-25-31-11-7-8-14-36(31)37(32)26-30;1-3-10-27(11-4-1)32(28-12-5-2-6-13-28)29-19-17-23(18-20-29)24-15-16-26-21-25-9-7-8-14-30(25)31(26)22-24/h1-28,30H,29H2;1-24,26H,25H2;1-20,22H,21H2. The Balaban J connectivity index is 0.000000116. The fourth-order valence-corrected chi connectivity index (χ4v) is 16.7. The van der Waals surface area contributed by atoms with Crippen LogP contribution in [0.15, 0.2) is 455 Å². The molecule has 0 fully saturated rings. The SMILES string of the molecule is c1ccc(-c2ccc(-c3ccc(N(c4ccccc4)c4ccc(-c5ccc6c(c5)-c5ccccc5C6)cc4)cc3)cc2)cc1.c1ccc(-c2ccc(N(c3ccccc3)c3ccc(-c4ccc5c(c4)-c4ccccc4C5)cc3)cc2)cc1.c1ccc(N(c2ccccc2)c2ccc(-c3ccc4c(c3)-c3ccccc3C4)cc2)cc1. The molecule has 0 aromatic heterocycles. The summed E-state index contributed by atoms with van der Waals surface area (Å²) in [5, 5.41) is 0. The summed E-state index contributed by atoms with van der Waals surface area (Å²) in [4.78, 5) is 6.94. The maximum atomic E-state index is 2.36. The van der Waals surface area contributed by atoms with Crippen LogP contribution in [0.5, 0.6) is 0 Å². The summed E-state index contributed by atoms with van der Waals surface area (Å²) in [6.07, 6.45) is 3.09. The number of fused-ring (bicyclic) bond motifs is 9. The molecule has 3 aliphatic carbocycles. The zero-order valence-corrected chi connectivity index (χ0v) is 63.3. The van der Waals surface area contributed by atoms with E-state index in [1.807, 2.05) is 0 Å². The number of nitrogens with zero attached hydrogens (tertiary/aromatic N) is 3. The van der Waals surface area contributed by atoms with Crippen molar-refractivity contribution in [2.75, 3.05) is 14.7 Å². The van der Waals surface area contributed by atoms with Gasteiger partial charge in [-0.1, -0.05) is 328 Å². The molecule has 3 nitrogen and oxygen atoms in total. The van der Waals surface area contributed by atoms with E-state index >= 15 is 0 Å². The molecule has 18 aromatic carbocycles. The predicted molar refractivity (Wildman–Crippen MR) is 481 cm³/mol. The van der Waals surface area contributed by atoms with Crippen LogP contribution in [0.1, 0.15) is 33.4 Å². The van der Waals surface area contributed by atoms with Gasteiger partial charge in [0.05, 0.1) is 0 Å². The monoisotopic (exact) mass is 1460 g/mol. The van der Waals surface area contributed by atoms with E-state index < -0.39 is 0 Å². The van der Waals surface area contributed by atoms with Gasteiger partial charge in [-0.2, -0.15) is 0 Å². The van der Waals surface area contributed by atoms with Gasteiger partial charge in [0.2, 0.25) is 0 Å². The topological polar surface area (TPSA) is 9.72 Å². The first-order valence-electron chi connectivity index (χ1n) is 39.5. The number of hydrogen-bond acceptors (Lipinski definition) is 3. The van der Waals surface area contributed by atoms with Crippen LogP contribution in [0.4, 0.5) is 51.2 Å². The highest BCUT2D eigenvalue weighted by Gasteiger charge is 2.24. The Morgan fingerprint density at radius 2 is 0.272 bits per heavy atom. The van der Waals surface area contributed by atoms with Crippen molar-refractivity contribution in [3.63, 3.8) is 0 Å². The van der Waals surface area contributed by atoms with Gasteiger partial charge in [0, 0.05) is 51.2 Å². The smallest absolute Gasteiger partial charge is 0.0462 e. The van der Waals surface area contributed by atoms with E-state index in [9.17, 15) is 0 Å². The van der Waals surface area contributed by atoms with E-state index in [1.165, 1.54) is 134 Å². The summed E-state index contributed by atoms with van der Waals surface area (Å²) in [7, 11) is 0. The van der Waals surface area contributed by atoms with Crippen molar-refractivity contribution < 1.29 is 0 Å². The van der Waals surface area contributed by atoms with Gasteiger partial charge in [-0.3, -0.25) is 0 Å².